The van der Waals surface area contributed by atoms with Crippen LogP contribution in [-0.2, 0) is 7.05 Å². The number of aliphatic hydroxyl groups is 1. The van der Waals surface area contributed by atoms with E-state index < -0.39 is 6.10 Å². The fraction of sp³-hybridized carbons (Fsp3) is 0.143. The van der Waals surface area contributed by atoms with E-state index in [1.54, 1.807) is 17.1 Å². The zero-order valence-electron chi connectivity index (χ0n) is 9.99. The van der Waals surface area contributed by atoms with Gasteiger partial charge in [-0.25, -0.2) is 0 Å². The Morgan fingerprint density at radius 2 is 2.06 bits per heavy atom. The second-order valence-electron chi connectivity index (χ2n) is 4.24. The van der Waals surface area contributed by atoms with Gasteiger partial charge in [-0.3, -0.25) is 9.67 Å². The number of rotatable bonds is 2. The van der Waals surface area contributed by atoms with E-state index in [1.165, 1.54) is 0 Å². The van der Waals surface area contributed by atoms with Crippen LogP contribution >= 0.6 is 0 Å². The van der Waals surface area contributed by atoms with E-state index in [4.69, 9.17) is 0 Å². The number of pyridine rings is 1. The zero-order valence-corrected chi connectivity index (χ0v) is 9.99. The first-order valence-corrected chi connectivity index (χ1v) is 5.76. The van der Waals surface area contributed by atoms with Crippen molar-refractivity contribution in [1.29, 1.82) is 0 Å². The van der Waals surface area contributed by atoms with Crippen molar-refractivity contribution in [3.05, 3.63) is 60.0 Å². The fourth-order valence-electron chi connectivity index (χ4n) is 2.09. The molecule has 0 saturated heterocycles. The molecule has 1 N–H and O–H groups in total. The Morgan fingerprint density at radius 3 is 2.83 bits per heavy atom. The molecule has 1 aromatic carbocycles. The maximum atomic E-state index is 10.3. The Morgan fingerprint density at radius 1 is 1.17 bits per heavy atom. The minimum absolute atomic E-state index is 0.665. The van der Waals surface area contributed by atoms with Gasteiger partial charge in [-0.05, 0) is 29.8 Å². The van der Waals surface area contributed by atoms with Crippen molar-refractivity contribution < 1.29 is 5.11 Å². The zero-order chi connectivity index (χ0) is 12.5. The van der Waals surface area contributed by atoms with Crippen molar-refractivity contribution in [2.45, 2.75) is 6.10 Å². The number of benzene rings is 1. The van der Waals surface area contributed by atoms with Crippen molar-refractivity contribution >= 4 is 10.9 Å². The van der Waals surface area contributed by atoms with E-state index in [0.29, 0.717) is 0 Å². The molecular weight excluding hydrogens is 226 g/mol. The van der Waals surface area contributed by atoms with Gasteiger partial charge in [0.15, 0.2) is 0 Å². The summed E-state index contributed by atoms with van der Waals surface area (Å²) in [6.45, 7) is 0. The largest absolute Gasteiger partial charge is 0.382 e. The molecule has 0 aliphatic rings. The molecular formula is C14H13N3O. The number of hydrogen-bond donors (Lipinski definition) is 1. The highest BCUT2D eigenvalue weighted by Crippen LogP contribution is 2.24. The van der Waals surface area contributed by atoms with Crippen LogP contribution in [0.2, 0.25) is 0 Å². The van der Waals surface area contributed by atoms with Gasteiger partial charge < -0.3 is 5.11 Å². The summed E-state index contributed by atoms with van der Waals surface area (Å²) < 4.78 is 1.68. The Hall–Kier alpha value is -2.20. The van der Waals surface area contributed by atoms with Gasteiger partial charge in [-0.1, -0.05) is 12.1 Å². The van der Waals surface area contributed by atoms with Crippen LogP contribution in [0.5, 0.6) is 0 Å². The number of aromatic nitrogens is 3. The van der Waals surface area contributed by atoms with Gasteiger partial charge in [0.2, 0.25) is 0 Å². The first kappa shape index (κ1) is 10.9. The van der Waals surface area contributed by atoms with Crippen LogP contribution in [0.15, 0.2) is 48.8 Å². The third-order valence-electron chi connectivity index (χ3n) is 3.08. The standard InChI is InChI=1S/C14H13N3O/c1-17-13(6-8-16-17)14(18)11-4-5-12-10(9-11)3-2-7-15-12/h2-9,14,18H,1H3. The van der Waals surface area contributed by atoms with Gasteiger partial charge in [-0.15, -0.1) is 0 Å². The molecule has 0 amide bonds. The van der Waals surface area contributed by atoms with E-state index >= 15 is 0 Å². The third kappa shape index (κ3) is 1.76. The second kappa shape index (κ2) is 4.23. The van der Waals surface area contributed by atoms with Crippen LogP contribution in [-0.4, -0.2) is 19.9 Å². The number of hydrogen-bond acceptors (Lipinski definition) is 3. The third-order valence-corrected chi connectivity index (χ3v) is 3.08. The molecule has 0 saturated carbocycles. The van der Waals surface area contributed by atoms with Crippen LogP contribution in [0.4, 0.5) is 0 Å². The average molecular weight is 239 g/mol. The highest BCUT2D eigenvalue weighted by Gasteiger charge is 2.14. The van der Waals surface area contributed by atoms with Crippen molar-refractivity contribution in [1.82, 2.24) is 14.8 Å². The molecule has 90 valence electrons. The molecule has 0 fully saturated rings. The first-order chi connectivity index (χ1) is 8.75. The van der Waals surface area contributed by atoms with E-state index in [1.807, 2.05) is 43.4 Å². The highest BCUT2D eigenvalue weighted by molar-refractivity contribution is 5.79. The second-order valence-corrected chi connectivity index (χ2v) is 4.24. The van der Waals surface area contributed by atoms with Gasteiger partial charge in [0.25, 0.3) is 0 Å². The predicted octanol–water partition coefficient (Wildman–Crippen LogP) is 2.05. The molecule has 18 heavy (non-hydrogen) atoms. The van der Waals surface area contributed by atoms with E-state index in [-0.39, 0.29) is 0 Å². The molecule has 3 aromatic rings. The summed E-state index contributed by atoms with van der Waals surface area (Å²) >= 11 is 0. The van der Waals surface area contributed by atoms with Crippen molar-refractivity contribution in [2.75, 3.05) is 0 Å². The fourth-order valence-corrected chi connectivity index (χ4v) is 2.09. The number of aliphatic hydroxyl groups excluding tert-OH is 1. The lowest BCUT2D eigenvalue weighted by Gasteiger charge is -2.12. The lowest BCUT2D eigenvalue weighted by molar-refractivity contribution is 0.210. The molecule has 3 rings (SSSR count). The smallest absolute Gasteiger partial charge is 0.121 e. The quantitative estimate of drug-likeness (QED) is 0.744. The molecule has 1 unspecified atom stereocenters. The van der Waals surface area contributed by atoms with Crippen LogP contribution < -0.4 is 0 Å². The molecule has 0 spiro atoms. The van der Waals surface area contributed by atoms with Gasteiger partial charge in [0.05, 0.1) is 11.2 Å². The lowest BCUT2D eigenvalue weighted by atomic mass is 10.0. The Balaban J connectivity index is 2.07. The maximum Gasteiger partial charge on any atom is 0.121 e. The monoisotopic (exact) mass is 239 g/mol. The first-order valence-electron chi connectivity index (χ1n) is 5.76. The summed E-state index contributed by atoms with van der Waals surface area (Å²) in [5.41, 5.74) is 2.55. The van der Waals surface area contributed by atoms with Crippen molar-refractivity contribution in [3.8, 4) is 0 Å². The summed E-state index contributed by atoms with van der Waals surface area (Å²) in [5.74, 6) is 0. The van der Waals surface area contributed by atoms with E-state index in [9.17, 15) is 5.11 Å². The van der Waals surface area contributed by atoms with Gasteiger partial charge >= 0.3 is 0 Å². The van der Waals surface area contributed by atoms with Crippen molar-refractivity contribution in [2.24, 2.45) is 7.05 Å². The van der Waals surface area contributed by atoms with Gasteiger partial charge in [-0.2, -0.15) is 5.10 Å². The molecule has 0 aliphatic heterocycles. The SMILES string of the molecule is Cn1nccc1C(O)c1ccc2ncccc2c1. The minimum atomic E-state index is -0.665. The summed E-state index contributed by atoms with van der Waals surface area (Å²) in [6, 6.07) is 11.5. The lowest BCUT2D eigenvalue weighted by Crippen LogP contribution is -2.06. The average Bonchev–Trinajstić information content (AvgIpc) is 2.83. The maximum absolute atomic E-state index is 10.3. The number of aryl methyl sites for hydroxylation is 1. The Bertz CT molecular complexity index is 690. The van der Waals surface area contributed by atoms with Gasteiger partial charge in [0, 0.05) is 24.8 Å². The van der Waals surface area contributed by atoms with Crippen LogP contribution in [0.25, 0.3) is 10.9 Å². The summed E-state index contributed by atoms with van der Waals surface area (Å²) in [5, 5.41) is 15.4. The molecule has 4 nitrogen and oxygen atoms in total. The van der Waals surface area contributed by atoms with Crippen LogP contribution in [0, 0.1) is 0 Å². The number of nitrogens with zero attached hydrogens (tertiary/aromatic N) is 3. The molecule has 0 radical (unpaired) electrons. The molecule has 2 heterocycles. The van der Waals surface area contributed by atoms with Crippen LogP contribution in [0.1, 0.15) is 17.4 Å². The van der Waals surface area contributed by atoms with Crippen molar-refractivity contribution in [3.63, 3.8) is 0 Å². The van der Waals surface area contributed by atoms with E-state index in [0.717, 1.165) is 22.2 Å². The van der Waals surface area contributed by atoms with Crippen LogP contribution in [0.3, 0.4) is 0 Å². The molecule has 0 bridgehead atoms. The summed E-state index contributed by atoms with van der Waals surface area (Å²) in [7, 11) is 1.82. The summed E-state index contributed by atoms with van der Waals surface area (Å²) in [4.78, 5) is 4.26. The molecule has 4 heteroatoms. The van der Waals surface area contributed by atoms with Gasteiger partial charge in [0.1, 0.15) is 6.10 Å². The normalized spacial score (nSPS) is 12.8. The minimum Gasteiger partial charge on any atom is -0.382 e. The summed E-state index contributed by atoms with van der Waals surface area (Å²) in [6.07, 6.45) is 2.78. The molecule has 2 aromatic heterocycles. The highest BCUT2D eigenvalue weighted by atomic mass is 16.3. The Kier molecular flexibility index (Phi) is 2.57. The predicted molar refractivity (Wildman–Crippen MR) is 69.0 cm³/mol. The number of fused-ring (bicyclic) bond motifs is 1. The van der Waals surface area contributed by atoms with E-state index in [2.05, 4.69) is 10.1 Å². The Labute approximate surface area is 105 Å². The molecule has 1 atom stereocenters. The topological polar surface area (TPSA) is 50.9 Å². The molecule has 0 aliphatic carbocycles.